The van der Waals surface area contributed by atoms with Crippen molar-refractivity contribution in [2.24, 2.45) is 5.41 Å². The summed E-state index contributed by atoms with van der Waals surface area (Å²) in [4.78, 5) is 12.8. The van der Waals surface area contributed by atoms with Crippen LogP contribution in [-0.4, -0.2) is 52.0 Å². The van der Waals surface area contributed by atoms with E-state index < -0.39 is 5.41 Å². The van der Waals surface area contributed by atoms with Gasteiger partial charge in [0.1, 0.15) is 11.9 Å². The monoisotopic (exact) mass is 334 g/mol. The second kappa shape index (κ2) is 7.96. The summed E-state index contributed by atoms with van der Waals surface area (Å²) >= 11 is 0. The molecule has 6 nitrogen and oxygen atoms in total. The van der Waals surface area contributed by atoms with Gasteiger partial charge in [0.25, 0.3) is 0 Å². The lowest BCUT2D eigenvalue weighted by molar-refractivity contribution is -0.130. The molecule has 0 saturated carbocycles. The first-order valence-corrected chi connectivity index (χ1v) is 8.57. The molecule has 2 fully saturated rings. The number of carbonyl (C=O) groups is 1. The lowest BCUT2D eigenvalue weighted by atomic mass is 9.78. The Morgan fingerprint density at radius 1 is 1.33 bits per heavy atom. The second-order valence-corrected chi connectivity index (χ2v) is 6.55. The first-order valence-electron chi connectivity index (χ1n) is 8.57. The molecule has 1 aromatic rings. The zero-order valence-corrected chi connectivity index (χ0v) is 14.2. The molecular weight excluding hydrogens is 308 g/mol. The Balaban J connectivity index is 1.60. The molecule has 0 aromatic heterocycles. The number of anilines is 1. The van der Waals surface area contributed by atoms with E-state index in [1.807, 2.05) is 24.3 Å². The largest absolute Gasteiger partial charge is 0.488 e. The van der Waals surface area contributed by atoms with E-state index in [1.165, 1.54) is 0 Å². The van der Waals surface area contributed by atoms with Crippen LogP contribution in [0.2, 0.25) is 0 Å². The number of methoxy groups -OCH3 is 1. The van der Waals surface area contributed by atoms with Crippen LogP contribution < -0.4 is 15.4 Å². The number of nitrogens with one attached hydrogen (secondary N) is 2. The topological polar surface area (TPSA) is 68.8 Å². The quantitative estimate of drug-likeness (QED) is 0.830. The van der Waals surface area contributed by atoms with Crippen molar-refractivity contribution >= 4 is 11.6 Å². The summed E-state index contributed by atoms with van der Waals surface area (Å²) in [7, 11) is 1.65. The van der Waals surface area contributed by atoms with Gasteiger partial charge in [0.15, 0.2) is 0 Å². The summed E-state index contributed by atoms with van der Waals surface area (Å²) in [6, 6.07) is 7.54. The van der Waals surface area contributed by atoms with E-state index >= 15 is 0 Å². The standard InChI is InChI=1S/C18H26N2O4/c1-22-13-18(7-9-19-10-8-18)17(21)20-14-2-4-15(5-3-14)24-16-6-11-23-12-16/h2-5,16,19H,6-13H2,1H3,(H,20,21). The lowest BCUT2D eigenvalue weighted by Gasteiger charge is -2.35. The fraction of sp³-hybridized carbons (Fsp3) is 0.611. The van der Waals surface area contributed by atoms with Crippen LogP contribution in [0.25, 0.3) is 0 Å². The molecular formula is C18H26N2O4. The van der Waals surface area contributed by atoms with Crippen molar-refractivity contribution in [2.45, 2.75) is 25.4 Å². The third kappa shape index (κ3) is 4.06. The Hall–Kier alpha value is -1.63. The van der Waals surface area contributed by atoms with Crippen LogP contribution >= 0.6 is 0 Å². The van der Waals surface area contributed by atoms with Gasteiger partial charge < -0.3 is 24.8 Å². The van der Waals surface area contributed by atoms with Gasteiger partial charge in [-0.3, -0.25) is 4.79 Å². The normalized spacial score (nSPS) is 23.0. The maximum atomic E-state index is 12.8. The Bertz CT molecular complexity index is 529. The third-order valence-corrected chi connectivity index (χ3v) is 4.77. The van der Waals surface area contributed by atoms with Gasteiger partial charge in [0.05, 0.1) is 25.2 Å². The number of carbonyl (C=O) groups excluding carboxylic acids is 1. The van der Waals surface area contributed by atoms with Crippen LogP contribution in [-0.2, 0) is 14.3 Å². The van der Waals surface area contributed by atoms with Crippen molar-refractivity contribution < 1.29 is 19.0 Å². The van der Waals surface area contributed by atoms with Crippen LogP contribution in [0.5, 0.6) is 5.75 Å². The molecule has 0 aliphatic carbocycles. The summed E-state index contributed by atoms with van der Waals surface area (Å²) in [5, 5.41) is 6.33. The highest BCUT2D eigenvalue weighted by molar-refractivity contribution is 5.95. The fourth-order valence-corrected chi connectivity index (χ4v) is 3.30. The maximum absolute atomic E-state index is 12.8. The number of piperidine rings is 1. The molecule has 2 saturated heterocycles. The van der Waals surface area contributed by atoms with E-state index in [-0.39, 0.29) is 12.0 Å². The van der Waals surface area contributed by atoms with Gasteiger partial charge in [0.2, 0.25) is 5.91 Å². The van der Waals surface area contributed by atoms with E-state index in [9.17, 15) is 4.79 Å². The van der Waals surface area contributed by atoms with E-state index in [2.05, 4.69) is 10.6 Å². The Morgan fingerprint density at radius 3 is 2.71 bits per heavy atom. The van der Waals surface area contributed by atoms with Crippen molar-refractivity contribution in [3.63, 3.8) is 0 Å². The Morgan fingerprint density at radius 2 is 2.08 bits per heavy atom. The van der Waals surface area contributed by atoms with E-state index in [0.717, 1.165) is 50.4 Å². The molecule has 1 atom stereocenters. The highest BCUT2D eigenvalue weighted by Gasteiger charge is 2.39. The predicted molar refractivity (Wildman–Crippen MR) is 91.3 cm³/mol. The average Bonchev–Trinajstić information content (AvgIpc) is 3.11. The van der Waals surface area contributed by atoms with Crippen molar-refractivity contribution in [1.29, 1.82) is 0 Å². The molecule has 0 bridgehead atoms. The highest BCUT2D eigenvalue weighted by Crippen LogP contribution is 2.31. The third-order valence-electron chi connectivity index (χ3n) is 4.77. The molecule has 2 heterocycles. The minimum absolute atomic E-state index is 0.0312. The molecule has 2 aliphatic heterocycles. The smallest absolute Gasteiger partial charge is 0.233 e. The van der Waals surface area contributed by atoms with Crippen molar-refractivity contribution in [3.05, 3.63) is 24.3 Å². The molecule has 1 unspecified atom stereocenters. The lowest BCUT2D eigenvalue weighted by Crippen LogP contribution is -2.47. The number of hydrogen-bond acceptors (Lipinski definition) is 5. The van der Waals surface area contributed by atoms with Crippen molar-refractivity contribution in [1.82, 2.24) is 5.32 Å². The molecule has 6 heteroatoms. The SMILES string of the molecule is COCC1(C(=O)Nc2ccc(OC3CCOC3)cc2)CCNCC1. The maximum Gasteiger partial charge on any atom is 0.233 e. The van der Waals surface area contributed by atoms with Gasteiger partial charge in [-0.15, -0.1) is 0 Å². The number of rotatable bonds is 6. The van der Waals surface area contributed by atoms with Gasteiger partial charge >= 0.3 is 0 Å². The van der Waals surface area contributed by atoms with Gasteiger partial charge in [-0.1, -0.05) is 0 Å². The predicted octanol–water partition coefficient (Wildman–Crippen LogP) is 1.81. The number of ether oxygens (including phenoxy) is 3. The van der Waals surface area contributed by atoms with Crippen LogP contribution in [0.15, 0.2) is 24.3 Å². The Labute approximate surface area is 142 Å². The van der Waals surface area contributed by atoms with Gasteiger partial charge in [-0.2, -0.15) is 0 Å². The van der Waals surface area contributed by atoms with Crippen molar-refractivity contribution in [3.8, 4) is 5.75 Å². The summed E-state index contributed by atoms with van der Waals surface area (Å²) in [6.45, 7) is 3.53. The van der Waals surface area contributed by atoms with Crippen LogP contribution in [0.1, 0.15) is 19.3 Å². The first-order chi connectivity index (χ1) is 11.7. The molecule has 1 aromatic carbocycles. The molecule has 0 spiro atoms. The second-order valence-electron chi connectivity index (χ2n) is 6.55. The van der Waals surface area contributed by atoms with Crippen LogP contribution in [0, 0.1) is 5.41 Å². The van der Waals surface area contributed by atoms with E-state index in [0.29, 0.717) is 13.2 Å². The average molecular weight is 334 g/mol. The van der Waals surface area contributed by atoms with Crippen LogP contribution in [0.4, 0.5) is 5.69 Å². The summed E-state index contributed by atoms with van der Waals surface area (Å²) in [5.74, 6) is 0.834. The minimum Gasteiger partial charge on any atom is -0.488 e. The highest BCUT2D eigenvalue weighted by atomic mass is 16.5. The molecule has 2 N–H and O–H groups in total. The zero-order valence-electron chi connectivity index (χ0n) is 14.2. The summed E-state index contributed by atoms with van der Waals surface area (Å²) in [6.07, 6.45) is 2.63. The van der Waals surface area contributed by atoms with Crippen molar-refractivity contribution in [2.75, 3.05) is 45.3 Å². The fourth-order valence-electron chi connectivity index (χ4n) is 3.30. The number of benzene rings is 1. The molecule has 24 heavy (non-hydrogen) atoms. The van der Waals surface area contributed by atoms with Gasteiger partial charge in [-0.25, -0.2) is 0 Å². The minimum atomic E-state index is -0.448. The first kappa shape index (κ1) is 17.2. The number of hydrogen-bond donors (Lipinski definition) is 2. The van der Waals surface area contributed by atoms with E-state index in [1.54, 1.807) is 7.11 Å². The van der Waals surface area contributed by atoms with Crippen LogP contribution in [0.3, 0.4) is 0 Å². The molecule has 0 radical (unpaired) electrons. The Kier molecular flexibility index (Phi) is 5.71. The zero-order chi connectivity index (χ0) is 16.8. The molecule has 2 aliphatic rings. The molecule has 1 amide bonds. The van der Waals surface area contributed by atoms with Gasteiger partial charge in [0, 0.05) is 19.2 Å². The molecule has 132 valence electrons. The van der Waals surface area contributed by atoms with Gasteiger partial charge in [-0.05, 0) is 50.2 Å². The summed E-state index contributed by atoms with van der Waals surface area (Å²) < 4.78 is 16.5. The summed E-state index contributed by atoms with van der Waals surface area (Å²) in [5.41, 5.74) is 0.333. The molecule has 3 rings (SSSR count). The van der Waals surface area contributed by atoms with E-state index in [4.69, 9.17) is 14.2 Å². The number of amides is 1.